The van der Waals surface area contributed by atoms with Gasteiger partial charge in [0, 0.05) is 5.69 Å². The van der Waals surface area contributed by atoms with E-state index in [4.69, 9.17) is 0 Å². The molecule has 4 heteroatoms. The van der Waals surface area contributed by atoms with Crippen LogP contribution < -0.4 is 0 Å². The van der Waals surface area contributed by atoms with Crippen molar-refractivity contribution in [3.05, 3.63) is 17.5 Å². The van der Waals surface area contributed by atoms with Crippen molar-refractivity contribution in [3.8, 4) is 0 Å². The summed E-state index contributed by atoms with van der Waals surface area (Å²) in [6.45, 7) is 5.06. The molecule has 0 spiro atoms. The average molecular weight is 188 g/mol. The molecule has 0 saturated heterocycles. The zero-order chi connectivity index (χ0) is 10.2. The first-order chi connectivity index (χ1) is 5.84. The first-order valence-corrected chi connectivity index (χ1v) is 4.17. The van der Waals surface area contributed by atoms with Crippen LogP contribution in [0, 0.1) is 6.92 Å². The second-order valence-electron chi connectivity index (χ2n) is 4.12. The van der Waals surface area contributed by atoms with Crippen LogP contribution in [0.4, 0.5) is 8.78 Å². The first-order valence-electron chi connectivity index (χ1n) is 4.17. The van der Waals surface area contributed by atoms with E-state index in [0.29, 0.717) is 5.69 Å². The van der Waals surface area contributed by atoms with Crippen LogP contribution >= 0.6 is 0 Å². The summed E-state index contributed by atoms with van der Waals surface area (Å²) in [6.07, 6.45) is 1.52. The van der Waals surface area contributed by atoms with E-state index in [1.807, 2.05) is 20.8 Å². The minimum absolute atomic E-state index is 0.128. The number of aromatic nitrogens is 2. The lowest BCUT2D eigenvalue weighted by atomic mass is 9.88. The van der Waals surface area contributed by atoms with Gasteiger partial charge in [-0.2, -0.15) is 13.9 Å². The highest BCUT2D eigenvalue weighted by Crippen LogP contribution is 2.26. The van der Waals surface area contributed by atoms with Gasteiger partial charge in [-0.3, -0.25) is 0 Å². The topological polar surface area (TPSA) is 17.8 Å². The molecule has 0 aliphatic carbocycles. The van der Waals surface area contributed by atoms with Crippen LogP contribution in [-0.2, 0) is 5.41 Å². The highest BCUT2D eigenvalue weighted by Gasteiger charge is 2.22. The number of rotatable bonds is 1. The van der Waals surface area contributed by atoms with Gasteiger partial charge < -0.3 is 0 Å². The highest BCUT2D eigenvalue weighted by atomic mass is 19.3. The maximum atomic E-state index is 12.3. The van der Waals surface area contributed by atoms with E-state index >= 15 is 0 Å². The van der Waals surface area contributed by atoms with Crippen LogP contribution in [0.15, 0.2) is 6.20 Å². The van der Waals surface area contributed by atoms with E-state index in [9.17, 15) is 8.78 Å². The Morgan fingerprint density at radius 2 is 1.92 bits per heavy atom. The van der Waals surface area contributed by atoms with E-state index in [2.05, 4.69) is 5.10 Å². The van der Waals surface area contributed by atoms with E-state index in [1.165, 1.54) is 6.20 Å². The van der Waals surface area contributed by atoms with Gasteiger partial charge in [0.25, 0.3) is 0 Å². The fourth-order valence-corrected chi connectivity index (χ4v) is 1.36. The molecule has 0 N–H and O–H groups in total. The Labute approximate surface area is 76.6 Å². The predicted molar refractivity (Wildman–Crippen MR) is 46.9 cm³/mol. The minimum Gasteiger partial charge on any atom is -0.208 e. The monoisotopic (exact) mass is 188 g/mol. The predicted octanol–water partition coefficient (Wildman–Crippen LogP) is 2.88. The molecular weight excluding hydrogens is 174 g/mol. The van der Waals surface area contributed by atoms with Crippen molar-refractivity contribution in [1.29, 1.82) is 0 Å². The molecule has 1 rings (SSSR count). The SMILES string of the molecule is Cc1c(C(C)(C)C)cnn1C(F)F. The molecule has 2 nitrogen and oxygen atoms in total. The lowest BCUT2D eigenvalue weighted by Crippen LogP contribution is -2.13. The lowest BCUT2D eigenvalue weighted by Gasteiger charge is -2.17. The second kappa shape index (κ2) is 3.09. The molecule has 74 valence electrons. The highest BCUT2D eigenvalue weighted by molar-refractivity contribution is 5.24. The number of hydrogen-bond donors (Lipinski definition) is 0. The lowest BCUT2D eigenvalue weighted by molar-refractivity contribution is 0.0542. The van der Waals surface area contributed by atoms with Gasteiger partial charge in [-0.25, -0.2) is 4.68 Å². The average Bonchev–Trinajstić information content (AvgIpc) is 2.28. The molecule has 1 aromatic heterocycles. The molecule has 13 heavy (non-hydrogen) atoms. The van der Waals surface area contributed by atoms with Gasteiger partial charge in [-0.05, 0) is 17.9 Å². The minimum atomic E-state index is -2.55. The molecule has 0 unspecified atom stereocenters. The van der Waals surface area contributed by atoms with Crippen molar-refractivity contribution < 1.29 is 8.78 Å². The smallest absolute Gasteiger partial charge is 0.208 e. The van der Waals surface area contributed by atoms with Gasteiger partial charge in [0.05, 0.1) is 6.20 Å². The van der Waals surface area contributed by atoms with E-state index in [1.54, 1.807) is 6.92 Å². The zero-order valence-corrected chi connectivity index (χ0v) is 8.31. The Morgan fingerprint density at radius 3 is 2.15 bits per heavy atom. The molecule has 0 aromatic carbocycles. The number of alkyl halides is 2. The van der Waals surface area contributed by atoms with Crippen LogP contribution in [0.25, 0.3) is 0 Å². The quantitative estimate of drug-likeness (QED) is 0.662. The fourth-order valence-electron chi connectivity index (χ4n) is 1.36. The van der Waals surface area contributed by atoms with E-state index in [0.717, 1.165) is 10.2 Å². The summed E-state index contributed by atoms with van der Waals surface area (Å²) in [5, 5.41) is 3.65. The van der Waals surface area contributed by atoms with Crippen molar-refractivity contribution in [1.82, 2.24) is 9.78 Å². The molecule has 1 aromatic rings. The van der Waals surface area contributed by atoms with Crippen LogP contribution in [-0.4, -0.2) is 9.78 Å². The molecular formula is C9H14F2N2. The summed E-state index contributed by atoms with van der Waals surface area (Å²) in [7, 11) is 0. The third-order valence-corrected chi connectivity index (χ3v) is 2.04. The largest absolute Gasteiger partial charge is 0.333 e. The standard InChI is InChI=1S/C9H14F2N2/c1-6-7(9(2,3)4)5-12-13(6)8(10)11/h5,8H,1-4H3. The second-order valence-corrected chi connectivity index (χ2v) is 4.12. The number of hydrogen-bond acceptors (Lipinski definition) is 1. The number of nitrogens with zero attached hydrogens (tertiary/aromatic N) is 2. The summed E-state index contributed by atoms with van der Waals surface area (Å²) in [5.41, 5.74) is 1.28. The van der Waals surface area contributed by atoms with Crippen molar-refractivity contribution >= 4 is 0 Å². The maximum absolute atomic E-state index is 12.3. The number of halogens is 2. The maximum Gasteiger partial charge on any atom is 0.333 e. The van der Waals surface area contributed by atoms with Gasteiger partial charge in [0.15, 0.2) is 0 Å². The van der Waals surface area contributed by atoms with Gasteiger partial charge in [-0.15, -0.1) is 0 Å². The van der Waals surface area contributed by atoms with Crippen molar-refractivity contribution in [2.75, 3.05) is 0 Å². The van der Waals surface area contributed by atoms with Crippen molar-refractivity contribution in [2.45, 2.75) is 39.7 Å². The summed E-state index contributed by atoms with van der Waals surface area (Å²) in [4.78, 5) is 0. The molecule has 0 radical (unpaired) electrons. The molecule has 0 atom stereocenters. The Kier molecular flexibility index (Phi) is 2.41. The molecule has 0 fully saturated rings. The molecule has 0 saturated carbocycles. The third kappa shape index (κ3) is 1.87. The van der Waals surface area contributed by atoms with Gasteiger partial charge >= 0.3 is 6.55 Å². The normalized spacial score (nSPS) is 12.5. The van der Waals surface area contributed by atoms with Crippen LogP contribution in [0.2, 0.25) is 0 Å². The van der Waals surface area contributed by atoms with Gasteiger partial charge in [-0.1, -0.05) is 20.8 Å². The first kappa shape index (κ1) is 10.2. The summed E-state index contributed by atoms with van der Waals surface area (Å²) in [6, 6.07) is 0. The van der Waals surface area contributed by atoms with E-state index in [-0.39, 0.29) is 5.41 Å². The zero-order valence-electron chi connectivity index (χ0n) is 8.31. The van der Waals surface area contributed by atoms with E-state index < -0.39 is 6.55 Å². The van der Waals surface area contributed by atoms with Crippen LogP contribution in [0.1, 0.15) is 38.6 Å². The summed E-state index contributed by atoms with van der Waals surface area (Å²) in [5.74, 6) is 0. The van der Waals surface area contributed by atoms with Crippen LogP contribution in [0.5, 0.6) is 0 Å². The molecule has 0 aliphatic rings. The van der Waals surface area contributed by atoms with Gasteiger partial charge in [0.2, 0.25) is 0 Å². The Morgan fingerprint density at radius 1 is 1.38 bits per heavy atom. The molecule has 0 bridgehead atoms. The summed E-state index contributed by atoms with van der Waals surface area (Å²) >= 11 is 0. The Balaban J connectivity index is 3.14. The van der Waals surface area contributed by atoms with Crippen molar-refractivity contribution in [3.63, 3.8) is 0 Å². The summed E-state index contributed by atoms with van der Waals surface area (Å²) < 4.78 is 25.4. The molecule has 0 amide bonds. The van der Waals surface area contributed by atoms with Gasteiger partial charge in [0.1, 0.15) is 0 Å². The fraction of sp³-hybridized carbons (Fsp3) is 0.667. The Bertz CT molecular complexity index is 297. The third-order valence-electron chi connectivity index (χ3n) is 2.04. The molecule has 1 heterocycles. The van der Waals surface area contributed by atoms with Crippen LogP contribution in [0.3, 0.4) is 0 Å². The molecule has 0 aliphatic heterocycles. The Hall–Kier alpha value is -0.930. The van der Waals surface area contributed by atoms with Crippen molar-refractivity contribution in [2.24, 2.45) is 0 Å².